The monoisotopic (exact) mass is 370 g/mol. The molecule has 0 saturated carbocycles. The lowest BCUT2D eigenvalue weighted by molar-refractivity contribution is -0.176. The van der Waals surface area contributed by atoms with E-state index in [1.165, 1.54) is 0 Å². The molecule has 154 valence electrons. The van der Waals surface area contributed by atoms with Crippen molar-refractivity contribution in [2.75, 3.05) is 13.2 Å². The minimum absolute atomic E-state index is 0.0113. The second-order valence-electron chi connectivity index (χ2n) is 9.40. The Bertz CT molecular complexity index is 451. The minimum atomic E-state index is -0.501. The highest BCUT2D eigenvalue weighted by molar-refractivity contribution is 5.77. The Balaban J connectivity index is 2.68. The Hall–Kier alpha value is -0.610. The molecule has 0 aromatic carbocycles. The maximum Gasteiger partial charge on any atom is 0.312 e. The van der Waals surface area contributed by atoms with Crippen molar-refractivity contribution < 1.29 is 19.0 Å². The van der Waals surface area contributed by atoms with E-state index in [1.807, 2.05) is 0 Å². The molecule has 0 N–H and O–H groups in total. The van der Waals surface area contributed by atoms with Crippen molar-refractivity contribution in [1.29, 1.82) is 0 Å². The summed E-state index contributed by atoms with van der Waals surface area (Å²) in [7, 11) is 0. The van der Waals surface area contributed by atoms with Gasteiger partial charge in [0.25, 0.3) is 0 Å². The van der Waals surface area contributed by atoms with Crippen LogP contribution in [0.2, 0.25) is 0 Å². The fourth-order valence-electron chi connectivity index (χ4n) is 3.89. The van der Waals surface area contributed by atoms with Gasteiger partial charge in [-0.1, -0.05) is 55.4 Å². The van der Waals surface area contributed by atoms with Gasteiger partial charge in [-0.3, -0.25) is 4.79 Å². The van der Waals surface area contributed by atoms with E-state index in [2.05, 4.69) is 62.3 Å². The topological polar surface area (TPSA) is 44.8 Å². The quantitative estimate of drug-likeness (QED) is 0.470. The number of hydrogen-bond donors (Lipinski definition) is 0. The maximum atomic E-state index is 13.1. The molecular weight excluding hydrogens is 328 g/mol. The summed E-state index contributed by atoms with van der Waals surface area (Å²) in [6, 6.07) is 0. The molecule has 0 aromatic heterocycles. The van der Waals surface area contributed by atoms with Crippen LogP contribution in [0.5, 0.6) is 0 Å². The zero-order chi connectivity index (χ0) is 20.2. The van der Waals surface area contributed by atoms with Gasteiger partial charge in [0.15, 0.2) is 5.79 Å². The molecule has 2 atom stereocenters. The highest BCUT2D eigenvalue weighted by Gasteiger charge is 2.50. The molecule has 0 spiro atoms. The first-order valence-corrected chi connectivity index (χ1v) is 10.4. The smallest absolute Gasteiger partial charge is 0.312 e. The van der Waals surface area contributed by atoms with Crippen LogP contribution in [0.4, 0.5) is 0 Å². The van der Waals surface area contributed by atoms with Gasteiger partial charge in [-0.2, -0.15) is 0 Å². The summed E-state index contributed by atoms with van der Waals surface area (Å²) >= 11 is 0. The number of carbonyl (C=O) groups excluding carboxylic acids is 1. The molecule has 2 unspecified atom stereocenters. The highest BCUT2D eigenvalue weighted by atomic mass is 16.7. The van der Waals surface area contributed by atoms with E-state index in [-0.39, 0.29) is 17.5 Å². The molecular formula is C22H42O4. The van der Waals surface area contributed by atoms with Crippen LogP contribution < -0.4 is 0 Å². The molecule has 0 aliphatic carbocycles. The van der Waals surface area contributed by atoms with Crippen LogP contribution in [-0.2, 0) is 19.0 Å². The van der Waals surface area contributed by atoms with Crippen LogP contribution in [0.3, 0.4) is 0 Å². The van der Waals surface area contributed by atoms with E-state index < -0.39 is 11.2 Å². The number of hydrogen-bond acceptors (Lipinski definition) is 4. The third-order valence-corrected chi connectivity index (χ3v) is 6.80. The number of carbonyl (C=O) groups is 1. The predicted octanol–water partition coefficient (Wildman–Crippen LogP) is 5.59. The number of ether oxygens (including phenoxy) is 3. The first-order valence-electron chi connectivity index (χ1n) is 10.4. The fraction of sp³-hybridized carbons (Fsp3) is 0.955. The Labute approximate surface area is 161 Å². The van der Waals surface area contributed by atoms with Gasteiger partial charge in [-0.25, -0.2) is 0 Å². The van der Waals surface area contributed by atoms with E-state index in [4.69, 9.17) is 14.2 Å². The van der Waals surface area contributed by atoms with E-state index in [9.17, 15) is 4.79 Å². The second-order valence-corrected chi connectivity index (χ2v) is 9.40. The molecule has 1 aliphatic heterocycles. The van der Waals surface area contributed by atoms with Gasteiger partial charge in [0, 0.05) is 6.42 Å². The van der Waals surface area contributed by atoms with Gasteiger partial charge >= 0.3 is 5.97 Å². The van der Waals surface area contributed by atoms with Gasteiger partial charge in [0.05, 0.1) is 24.7 Å². The summed E-state index contributed by atoms with van der Waals surface area (Å²) in [5, 5.41) is 0. The van der Waals surface area contributed by atoms with Crippen LogP contribution in [0, 0.1) is 22.7 Å². The van der Waals surface area contributed by atoms with Crippen LogP contribution in [-0.4, -0.2) is 31.1 Å². The number of rotatable bonds is 10. The van der Waals surface area contributed by atoms with Crippen molar-refractivity contribution in [2.45, 2.75) is 99.9 Å². The first-order chi connectivity index (χ1) is 11.9. The van der Waals surface area contributed by atoms with Crippen LogP contribution in [0.25, 0.3) is 0 Å². The fourth-order valence-corrected chi connectivity index (χ4v) is 3.89. The summed E-state index contributed by atoms with van der Waals surface area (Å²) in [6.07, 6.45) is 3.21. The Kier molecular flexibility index (Phi) is 8.16. The van der Waals surface area contributed by atoms with E-state index >= 15 is 0 Å². The molecule has 0 amide bonds. The SMILES string of the molecule is CCC1(CC)OCC(CCOC(=O)C(C)(CC(C)C)C(C)(C)C(C)C)O1. The third kappa shape index (κ3) is 5.01. The van der Waals surface area contributed by atoms with Crippen LogP contribution in [0.1, 0.15) is 88.0 Å². The Morgan fingerprint density at radius 3 is 2.15 bits per heavy atom. The van der Waals surface area contributed by atoms with Gasteiger partial charge in [-0.05, 0) is 43.4 Å². The van der Waals surface area contributed by atoms with E-state index in [1.54, 1.807) is 0 Å². The average molecular weight is 371 g/mol. The van der Waals surface area contributed by atoms with Gasteiger partial charge in [-0.15, -0.1) is 0 Å². The maximum absolute atomic E-state index is 13.1. The first kappa shape index (κ1) is 23.4. The summed E-state index contributed by atoms with van der Waals surface area (Å²) in [6.45, 7) is 20.3. The summed E-state index contributed by atoms with van der Waals surface area (Å²) in [5.41, 5.74) is -0.639. The average Bonchev–Trinajstić information content (AvgIpc) is 2.97. The standard InChI is InChI=1S/C22H42O4/c1-10-22(11-2)25-15-18(26-22)12-13-24-19(23)21(9,14-16(3)4)20(7,8)17(5)6/h16-18H,10-15H2,1-9H3. The summed E-state index contributed by atoms with van der Waals surface area (Å²) < 4.78 is 17.7. The lowest BCUT2D eigenvalue weighted by atomic mass is 9.58. The van der Waals surface area contributed by atoms with Crippen molar-refractivity contribution >= 4 is 5.97 Å². The van der Waals surface area contributed by atoms with Crippen molar-refractivity contribution in [2.24, 2.45) is 22.7 Å². The zero-order valence-electron chi connectivity index (χ0n) is 18.6. The van der Waals surface area contributed by atoms with Crippen molar-refractivity contribution in [3.8, 4) is 0 Å². The van der Waals surface area contributed by atoms with Crippen LogP contribution >= 0.6 is 0 Å². The van der Waals surface area contributed by atoms with E-state index in [0.717, 1.165) is 19.3 Å². The lowest BCUT2D eigenvalue weighted by Crippen LogP contribution is -2.47. The molecule has 0 bridgehead atoms. The van der Waals surface area contributed by atoms with Gasteiger partial charge < -0.3 is 14.2 Å². The number of esters is 1. The molecule has 1 fully saturated rings. The molecule has 0 aromatic rings. The Morgan fingerprint density at radius 1 is 1.15 bits per heavy atom. The van der Waals surface area contributed by atoms with Crippen molar-refractivity contribution in [3.05, 3.63) is 0 Å². The lowest BCUT2D eigenvalue weighted by Gasteiger charge is -2.46. The predicted molar refractivity (Wildman–Crippen MR) is 106 cm³/mol. The Morgan fingerprint density at radius 2 is 1.73 bits per heavy atom. The summed E-state index contributed by atoms with van der Waals surface area (Å²) in [5.74, 6) is 0.300. The largest absolute Gasteiger partial charge is 0.465 e. The molecule has 0 radical (unpaired) electrons. The summed E-state index contributed by atoms with van der Waals surface area (Å²) in [4.78, 5) is 13.1. The highest BCUT2D eigenvalue weighted by Crippen LogP contribution is 2.49. The van der Waals surface area contributed by atoms with E-state index in [0.29, 0.717) is 31.5 Å². The zero-order valence-corrected chi connectivity index (χ0v) is 18.6. The normalized spacial score (nSPS) is 22.7. The molecule has 26 heavy (non-hydrogen) atoms. The van der Waals surface area contributed by atoms with Gasteiger partial charge in [0.1, 0.15) is 0 Å². The molecule has 4 heteroatoms. The second kappa shape index (κ2) is 9.05. The third-order valence-electron chi connectivity index (χ3n) is 6.80. The molecule has 1 saturated heterocycles. The molecule has 4 nitrogen and oxygen atoms in total. The van der Waals surface area contributed by atoms with Gasteiger partial charge in [0.2, 0.25) is 0 Å². The molecule has 1 aliphatic rings. The van der Waals surface area contributed by atoms with Crippen LogP contribution in [0.15, 0.2) is 0 Å². The van der Waals surface area contributed by atoms with Crippen molar-refractivity contribution in [3.63, 3.8) is 0 Å². The van der Waals surface area contributed by atoms with Crippen molar-refractivity contribution in [1.82, 2.24) is 0 Å². The molecule has 1 heterocycles. The molecule has 1 rings (SSSR count). The minimum Gasteiger partial charge on any atom is -0.465 e.